The van der Waals surface area contributed by atoms with Gasteiger partial charge in [-0.05, 0) is 17.5 Å². The minimum absolute atomic E-state index is 0.576. The molecule has 7 heteroatoms. The molecule has 1 heterocycles. The maximum Gasteiger partial charge on any atom is 0.170 e. The Labute approximate surface area is 105 Å². The van der Waals surface area contributed by atoms with Crippen molar-refractivity contribution >= 4 is 0 Å². The predicted octanol–water partition coefficient (Wildman–Crippen LogP) is 0.399. The average molecular weight is 249 g/mol. The number of tetrazole rings is 1. The van der Waals surface area contributed by atoms with E-state index in [-0.39, 0.29) is 0 Å². The lowest BCUT2D eigenvalue weighted by Gasteiger charge is -2.09. The Bertz CT molecular complexity index is 504. The van der Waals surface area contributed by atoms with Gasteiger partial charge in [0.15, 0.2) is 5.82 Å². The summed E-state index contributed by atoms with van der Waals surface area (Å²) in [6.45, 7) is 0.576. The summed E-state index contributed by atoms with van der Waals surface area (Å²) in [6, 6.07) is 5.49. The van der Waals surface area contributed by atoms with Gasteiger partial charge in [0.25, 0.3) is 0 Å². The van der Waals surface area contributed by atoms with E-state index in [0.29, 0.717) is 23.9 Å². The van der Waals surface area contributed by atoms with E-state index in [9.17, 15) is 0 Å². The molecular formula is C11H15N5O2. The first kappa shape index (κ1) is 12.3. The van der Waals surface area contributed by atoms with Crippen LogP contribution in [-0.4, -0.2) is 41.5 Å². The van der Waals surface area contributed by atoms with E-state index in [1.807, 2.05) is 19.2 Å². The van der Waals surface area contributed by atoms with Crippen LogP contribution in [0.15, 0.2) is 18.2 Å². The van der Waals surface area contributed by atoms with E-state index in [1.165, 1.54) is 0 Å². The third kappa shape index (κ3) is 2.40. The fourth-order valence-electron chi connectivity index (χ4n) is 1.59. The first-order valence-corrected chi connectivity index (χ1v) is 5.43. The van der Waals surface area contributed by atoms with Crippen LogP contribution in [0.5, 0.6) is 11.5 Å². The normalized spacial score (nSPS) is 10.4. The molecule has 18 heavy (non-hydrogen) atoms. The van der Waals surface area contributed by atoms with Crippen LogP contribution in [0.25, 0.3) is 5.69 Å². The maximum absolute atomic E-state index is 5.22. The number of aromatic nitrogens is 4. The summed E-state index contributed by atoms with van der Waals surface area (Å²) in [5.41, 5.74) is 0.793. The third-order valence-electron chi connectivity index (χ3n) is 2.45. The zero-order valence-corrected chi connectivity index (χ0v) is 10.5. The molecule has 1 N–H and O–H groups in total. The molecule has 0 aliphatic carbocycles. The van der Waals surface area contributed by atoms with E-state index >= 15 is 0 Å². The molecule has 96 valence electrons. The van der Waals surface area contributed by atoms with Crippen LogP contribution in [-0.2, 0) is 6.54 Å². The Kier molecular flexibility index (Phi) is 3.73. The molecule has 0 fully saturated rings. The monoisotopic (exact) mass is 249 g/mol. The van der Waals surface area contributed by atoms with Crippen LogP contribution in [0.1, 0.15) is 5.82 Å². The van der Waals surface area contributed by atoms with E-state index < -0.39 is 0 Å². The molecule has 0 spiro atoms. The molecule has 1 aromatic heterocycles. The fourth-order valence-corrected chi connectivity index (χ4v) is 1.59. The molecule has 1 aromatic carbocycles. The summed E-state index contributed by atoms with van der Waals surface area (Å²) in [5.74, 6) is 2.10. The topological polar surface area (TPSA) is 74.1 Å². The molecule has 0 atom stereocenters. The standard InChI is InChI=1S/C11H15N5O2/c1-12-7-11-13-14-15-16(11)8-4-9(17-2)6-10(5-8)18-3/h4-6,12H,7H2,1-3H3. The lowest BCUT2D eigenvalue weighted by atomic mass is 10.2. The van der Waals surface area contributed by atoms with Gasteiger partial charge in [0, 0.05) is 18.2 Å². The zero-order chi connectivity index (χ0) is 13.0. The second-order valence-corrected chi connectivity index (χ2v) is 3.61. The SMILES string of the molecule is CNCc1nnnn1-c1cc(OC)cc(OC)c1. The molecule has 0 aliphatic heterocycles. The van der Waals surface area contributed by atoms with E-state index in [4.69, 9.17) is 9.47 Å². The van der Waals surface area contributed by atoms with Crippen LogP contribution in [0, 0.1) is 0 Å². The van der Waals surface area contributed by atoms with Gasteiger partial charge in [-0.25, -0.2) is 0 Å². The minimum Gasteiger partial charge on any atom is -0.497 e. The van der Waals surface area contributed by atoms with Gasteiger partial charge in [-0.15, -0.1) is 5.10 Å². The quantitative estimate of drug-likeness (QED) is 0.826. The van der Waals surface area contributed by atoms with Crippen LogP contribution in [0.3, 0.4) is 0 Å². The Morgan fingerprint density at radius 3 is 2.39 bits per heavy atom. The summed E-state index contributed by atoms with van der Waals surface area (Å²) in [4.78, 5) is 0. The molecule has 0 aliphatic rings. The van der Waals surface area contributed by atoms with E-state index in [2.05, 4.69) is 20.8 Å². The largest absolute Gasteiger partial charge is 0.497 e. The highest BCUT2D eigenvalue weighted by Crippen LogP contribution is 2.24. The van der Waals surface area contributed by atoms with Crippen molar-refractivity contribution in [3.8, 4) is 17.2 Å². The van der Waals surface area contributed by atoms with Crippen LogP contribution >= 0.6 is 0 Å². The van der Waals surface area contributed by atoms with Crippen molar-refractivity contribution < 1.29 is 9.47 Å². The number of hydrogen-bond donors (Lipinski definition) is 1. The molecule has 0 bridgehead atoms. The first-order chi connectivity index (χ1) is 8.78. The molecule has 0 amide bonds. The number of nitrogens with zero attached hydrogens (tertiary/aromatic N) is 4. The van der Waals surface area contributed by atoms with Crippen LogP contribution in [0.4, 0.5) is 0 Å². The van der Waals surface area contributed by atoms with Gasteiger partial charge in [0.1, 0.15) is 11.5 Å². The molecule has 0 radical (unpaired) electrons. The van der Waals surface area contributed by atoms with Gasteiger partial charge in [-0.1, -0.05) is 0 Å². The number of methoxy groups -OCH3 is 2. The Balaban J connectivity index is 2.45. The number of benzene rings is 1. The summed E-state index contributed by atoms with van der Waals surface area (Å²) in [7, 11) is 5.05. The van der Waals surface area contributed by atoms with Crippen molar-refractivity contribution in [2.24, 2.45) is 0 Å². The Hall–Kier alpha value is -2.15. The number of rotatable bonds is 5. The van der Waals surface area contributed by atoms with Gasteiger partial charge in [0.05, 0.1) is 26.5 Å². The van der Waals surface area contributed by atoms with Crippen molar-refractivity contribution in [3.05, 3.63) is 24.0 Å². The van der Waals surface area contributed by atoms with Gasteiger partial charge in [-0.3, -0.25) is 0 Å². The molecule has 2 aromatic rings. The number of nitrogens with one attached hydrogen (secondary N) is 1. The summed E-state index contributed by atoms with van der Waals surface area (Å²) < 4.78 is 12.1. The molecular weight excluding hydrogens is 234 g/mol. The highest BCUT2D eigenvalue weighted by atomic mass is 16.5. The molecule has 0 unspecified atom stereocenters. The third-order valence-corrected chi connectivity index (χ3v) is 2.45. The minimum atomic E-state index is 0.576. The molecule has 0 saturated heterocycles. The fraction of sp³-hybridized carbons (Fsp3) is 0.364. The van der Waals surface area contributed by atoms with E-state index in [0.717, 1.165) is 5.69 Å². The second kappa shape index (κ2) is 5.46. The molecule has 2 rings (SSSR count). The van der Waals surface area contributed by atoms with Gasteiger partial charge in [0.2, 0.25) is 0 Å². The Morgan fingerprint density at radius 1 is 1.17 bits per heavy atom. The van der Waals surface area contributed by atoms with Crippen molar-refractivity contribution in [3.63, 3.8) is 0 Å². The van der Waals surface area contributed by atoms with Crippen molar-refractivity contribution in [2.75, 3.05) is 21.3 Å². The highest BCUT2D eigenvalue weighted by molar-refractivity contribution is 5.46. The Morgan fingerprint density at radius 2 is 1.83 bits per heavy atom. The number of hydrogen-bond acceptors (Lipinski definition) is 6. The predicted molar refractivity (Wildman–Crippen MR) is 65.0 cm³/mol. The van der Waals surface area contributed by atoms with Crippen molar-refractivity contribution in [1.29, 1.82) is 0 Å². The smallest absolute Gasteiger partial charge is 0.170 e. The lowest BCUT2D eigenvalue weighted by molar-refractivity contribution is 0.393. The summed E-state index contributed by atoms with van der Waals surface area (Å²) >= 11 is 0. The summed E-state index contributed by atoms with van der Waals surface area (Å²) in [6.07, 6.45) is 0. The van der Waals surface area contributed by atoms with E-state index in [1.54, 1.807) is 25.0 Å². The highest BCUT2D eigenvalue weighted by Gasteiger charge is 2.10. The van der Waals surface area contributed by atoms with Gasteiger partial charge >= 0.3 is 0 Å². The number of ether oxygens (including phenoxy) is 2. The first-order valence-electron chi connectivity index (χ1n) is 5.43. The van der Waals surface area contributed by atoms with Gasteiger partial charge < -0.3 is 14.8 Å². The maximum atomic E-state index is 5.22. The lowest BCUT2D eigenvalue weighted by Crippen LogP contribution is -2.12. The van der Waals surface area contributed by atoms with Crippen molar-refractivity contribution in [1.82, 2.24) is 25.5 Å². The molecule has 7 nitrogen and oxygen atoms in total. The molecule has 0 saturated carbocycles. The van der Waals surface area contributed by atoms with Crippen molar-refractivity contribution in [2.45, 2.75) is 6.54 Å². The van der Waals surface area contributed by atoms with Crippen LogP contribution in [0.2, 0.25) is 0 Å². The van der Waals surface area contributed by atoms with Crippen LogP contribution < -0.4 is 14.8 Å². The van der Waals surface area contributed by atoms with Gasteiger partial charge in [-0.2, -0.15) is 4.68 Å². The summed E-state index contributed by atoms with van der Waals surface area (Å²) in [5, 5.41) is 14.6. The second-order valence-electron chi connectivity index (χ2n) is 3.61. The average Bonchev–Trinajstić information content (AvgIpc) is 2.87. The zero-order valence-electron chi connectivity index (χ0n) is 10.5.